The van der Waals surface area contributed by atoms with Gasteiger partial charge in [0.25, 0.3) is 6.73 Å². The number of anilines is 2. The molecule has 0 radical (unpaired) electrons. The smallest absolute Gasteiger partial charge is 0.411 e. The van der Waals surface area contributed by atoms with E-state index in [2.05, 4.69) is 45.3 Å². The van der Waals surface area contributed by atoms with Crippen molar-refractivity contribution in [2.24, 2.45) is 20.0 Å². The van der Waals surface area contributed by atoms with Crippen molar-refractivity contribution in [2.75, 3.05) is 43.8 Å². The molecule has 0 fully saturated rings. The Morgan fingerprint density at radius 1 is 0.528 bits per heavy atom. The highest BCUT2D eigenvalue weighted by molar-refractivity contribution is 5.84. The molecule has 0 saturated carbocycles. The first-order valence-electron chi connectivity index (χ1n) is 22.4. The Morgan fingerprint density at radius 2 is 0.931 bits per heavy atom. The van der Waals surface area contributed by atoms with Gasteiger partial charge in [-0.05, 0) is 151 Å². The SMILES string of the molecule is O=C=Nc1ccc(Cc2ccc(N=COO)cc2)cc1.O=C=Nc1ccc(Cc2ccc(NC[OH+]OOCCCCOC(=O)Nc3ccc(Cc4ccc(N=C=O)cc4)cc3)cc2)cc1.OCCCCOO. The number of aliphatic hydroxyl groups excluding tert-OH is 1. The molecule has 1 amide bonds. The average molecular weight is 984 g/mol. The third kappa shape index (κ3) is 23.8. The molecule has 72 heavy (non-hydrogen) atoms. The number of nitrogens with zero attached hydrogens (tertiary/aromatic N) is 4. The van der Waals surface area contributed by atoms with E-state index in [9.17, 15) is 19.2 Å². The van der Waals surface area contributed by atoms with Crippen molar-refractivity contribution in [2.45, 2.75) is 44.9 Å². The molecule has 0 heterocycles. The lowest BCUT2D eigenvalue weighted by Crippen LogP contribution is -2.15. The summed E-state index contributed by atoms with van der Waals surface area (Å²) in [5.41, 5.74) is 10.6. The zero-order valence-electron chi connectivity index (χ0n) is 39.2. The Labute approximate surface area is 415 Å². The van der Waals surface area contributed by atoms with Gasteiger partial charge in [0.2, 0.25) is 24.6 Å². The number of benzene rings is 6. The lowest BCUT2D eigenvalue weighted by molar-refractivity contribution is -0.587. The van der Waals surface area contributed by atoms with Crippen LogP contribution in [0, 0.1) is 0 Å². The summed E-state index contributed by atoms with van der Waals surface area (Å²) in [7, 11) is 0. The van der Waals surface area contributed by atoms with Gasteiger partial charge in [0.05, 0.1) is 47.6 Å². The van der Waals surface area contributed by atoms with Crippen LogP contribution >= 0.6 is 0 Å². The summed E-state index contributed by atoms with van der Waals surface area (Å²) < 4.78 is 5.22. The van der Waals surface area contributed by atoms with Crippen LogP contribution in [0.4, 0.5) is 38.9 Å². The number of rotatable bonds is 26. The summed E-state index contributed by atoms with van der Waals surface area (Å²) >= 11 is 0. The standard InChI is InChI=1S/C34H32N4O7.C15H12N2O3.C4H10O3/c39-23-35-30-11-3-26(4-12-30)21-28-7-15-32(16-8-28)37-25-44-45-43-20-2-1-19-42-34(41)38-33-17-9-29(10-18-33)22-27-5-13-31(14-6-27)36-24-40;18-10-16-14-5-1-12(2-6-14)9-13-3-7-15(8-4-13)17-11-20-19;5-3-1-2-4-7-6/h3-18,37H,1-2,19-22,25H2,(H,38,41);1-8,11,19H,9H2;5-6H,1-4H2/p+1. The number of unbranched alkanes of at least 4 members (excludes halogenated alkanes) is 2. The highest BCUT2D eigenvalue weighted by Crippen LogP contribution is 2.20. The molecule has 0 aliphatic heterocycles. The van der Waals surface area contributed by atoms with Crippen molar-refractivity contribution in [1.82, 2.24) is 0 Å². The summed E-state index contributed by atoms with van der Waals surface area (Å²) in [6.45, 7) is 1.25. The maximum atomic E-state index is 12.1. The minimum absolute atomic E-state index is 0.170. The van der Waals surface area contributed by atoms with E-state index in [-0.39, 0.29) is 19.9 Å². The van der Waals surface area contributed by atoms with Crippen LogP contribution in [0.5, 0.6) is 0 Å². The molecule has 6 aromatic carbocycles. The van der Waals surface area contributed by atoms with Crippen LogP contribution in [-0.4, -0.2) is 84.4 Å². The largest absolute Gasteiger partial charge is 0.449 e. The van der Waals surface area contributed by atoms with Gasteiger partial charge >= 0.3 is 6.09 Å². The second-order valence-electron chi connectivity index (χ2n) is 15.1. The molecule has 19 heteroatoms. The van der Waals surface area contributed by atoms with Gasteiger partial charge in [-0.15, -0.1) is 0 Å². The first-order valence-corrected chi connectivity index (χ1v) is 22.4. The van der Waals surface area contributed by atoms with E-state index < -0.39 is 6.09 Å². The van der Waals surface area contributed by atoms with Crippen molar-refractivity contribution >= 4 is 64.9 Å². The topological polar surface area (TPSA) is 261 Å². The fourth-order valence-corrected chi connectivity index (χ4v) is 6.25. The van der Waals surface area contributed by atoms with Gasteiger partial charge in [0, 0.05) is 18.0 Å². The average Bonchev–Trinajstić information content (AvgIpc) is 3.40. The maximum Gasteiger partial charge on any atom is 0.411 e. The van der Waals surface area contributed by atoms with Gasteiger partial charge in [-0.3, -0.25) is 10.6 Å². The number of ether oxygens (including phenoxy) is 1. The van der Waals surface area contributed by atoms with E-state index in [0.29, 0.717) is 73.8 Å². The van der Waals surface area contributed by atoms with Gasteiger partial charge in [-0.2, -0.15) is 19.9 Å². The summed E-state index contributed by atoms with van der Waals surface area (Å²) in [4.78, 5) is 73.8. The highest BCUT2D eigenvalue weighted by atomic mass is 17.5. The first kappa shape index (κ1) is 56.3. The lowest BCUT2D eigenvalue weighted by Gasteiger charge is -2.08. The molecule has 0 aliphatic carbocycles. The first-order chi connectivity index (χ1) is 35.3. The van der Waals surface area contributed by atoms with Crippen molar-refractivity contribution in [1.29, 1.82) is 0 Å². The third-order valence-corrected chi connectivity index (χ3v) is 9.85. The van der Waals surface area contributed by atoms with Crippen LogP contribution in [0.15, 0.2) is 166 Å². The molecule has 0 spiro atoms. The minimum Gasteiger partial charge on any atom is -0.449 e. The van der Waals surface area contributed by atoms with Crippen LogP contribution in [0.25, 0.3) is 0 Å². The van der Waals surface area contributed by atoms with Gasteiger partial charge in [-0.1, -0.05) is 72.8 Å². The Hall–Kier alpha value is -8.28. The van der Waals surface area contributed by atoms with Gasteiger partial charge < -0.3 is 20.0 Å². The number of carbonyl (C=O) groups excluding carboxylic acids is 4. The van der Waals surface area contributed by atoms with Crippen LogP contribution in [0.1, 0.15) is 59.1 Å². The molecule has 0 aromatic heterocycles. The number of aliphatic imine (C=N–C) groups is 4. The number of aliphatic hydroxyl groups is 2. The molecule has 0 bridgehead atoms. The number of isocyanates is 3. The molecule has 0 saturated heterocycles. The van der Waals surface area contributed by atoms with Crippen molar-refractivity contribution in [3.05, 3.63) is 179 Å². The third-order valence-electron chi connectivity index (χ3n) is 9.85. The number of nitrogens with one attached hydrogen (secondary N) is 2. The predicted octanol–water partition coefficient (Wildman–Crippen LogP) is 10.2. The summed E-state index contributed by atoms with van der Waals surface area (Å²) in [5.74, 6) is 0. The fraction of sp³-hybridized carbons (Fsp3) is 0.226. The molecule has 19 nitrogen and oxygen atoms in total. The van der Waals surface area contributed by atoms with Crippen LogP contribution in [0.2, 0.25) is 0 Å². The highest BCUT2D eigenvalue weighted by Gasteiger charge is 2.06. The van der Waals surface area contributed by atoms with Gasteiger partial charge in [0.15, 0.2) is 0 Å². The van der Waals surface area contributed by atoms with E-state index in [1.54, 1.807) is 36.4 Å². The van der Waals surface area contributed by atoms with Crippen molar-refractivity contribution in [3.63, 3.8) is 0 Å². The summed E-state index contributed by atoms with van der Waals surface area (Å²) in [6.07, 6.45) is 9.88. The number of amides is 1. The van der Waals surface area contributed by atoms with Crippen LogP contribution < -0.4 is 10.6 Å². The van der Waals surface area contributed by atoms with Crippen molar-refractivity contribution in [3.8, 4) is 0 Å². The second kappa shape index (κ2) is 34.9. The van der Waals surface area contributed by atoms with E-state index in [0.717, 1.165) is 58.3 Å². The van der Waals surface area contributed by atoms with Crippen LogP contribution in [-0.2, 0) is 58.1 Å². The molecular weight excluding hydrogens is 929 g/mol. The van der Waals surface area contributed by atoms with E-state index in [1.165, 1.54) is 18.2 Å². The number of carbonyl (C=O) groups is 1. The van der Waals surface area contributed by atoms with Crippen LogP contribution in [0.3, 0.4) is 0 Å². The monoisotopic (exact) mass is 983 g/mol. The normalized spacial score (nSPS) is 10.2. The Balaban J connectivity index is 0.000000341. The van der Waals surface area contributed by atoms with E-state index in [1.807, 2.05) is 109 Å². The second-order valence-corrected chi connectivity index (χ2v) is 15.1. The van der Waals surface area contributed by atoms with Gasteiger partial charge in [0.1, 0.15) is 0 Å². The fourth-order valence-electron chi connectivity index (χ4n) is 6.25. The molecule has 6 aromatic rings. The van der Waals surface area contributed by atoms with E-state index >= 15 is 0 Å². The Bertz CT molecular complexity index is 2630. The summed E-state index contributed by atoms with van der Waals surface area (Å²) in [5, 5.41) is 34.7. The molecule has 6 rings (SSSR count). The zero-order valence-corrected chi connectivity index (χ0v) is 39.2. The minimum atomic E-state index is -0.528. The quantitative estimate of drug-likeness (QED) is 0.00496. The van der Waals surface area contributed by atoms with E-state index in [4.69, 9.17) is 30.3 Å². The molecule has 0 atom stereocenters. The summed E-state index contributed by atoms with van der Waals surface area (Å²) in [6, 6.07) is 45.2. The van der Waals surface area contributed by atoms with Crippen molar-refractivity contribution < 1.29 is 64.1 Å². The molecular formula is C53H55N6O13+. The molecule has 374 valence electrons. The van der Waals surface area contributed by atoms with Gasteiger partial charge in [-0.25, -0.2) is 39.2 Å². The molecule has 0 unspecified atom stereocenters. The zero-order chi connectivity index (χ0) is 51.3. The Morgan fingerprint density at radius 3 is 1.35 bits per heavy atom. The predicted molar refractivity (Wildman–Crippen MR) is 269 cm³/mol. The lowest BCUT2D eigenvalue weighted by atomic mass is 10.0. The Kier molecular flexibility index (Phi) is 27.3. The number of hydrogen-bond acceptors (Lipinski definition) is 17. The molecule has 0 aliphatic rings. The maximum absolute atomic E-state index is 12.1. The number of hydrogen-bond donors (Lipinski definition) is 5. The molecule has 6 N–H and O–H groups in total.